The van der Waals surface area contributed by atoms with E-state index in [-0.39, 0.29) is 24.4 Å². The summed E-state index contributed by atoms with van der Waals surface area (Å²) in [5.74, 6) is -0.0928. The fourth-order valence-electron chi connectivity index (χ4n) is 4.40. The van der Waals surface area contributed by atoms with E-state index in [1.54, 1.807) is 17.0 Å². The number of carbonyl (C=O) groups excluding carboxylic acids is 1. The molecule has 180 valence electrons. The fourth-order valence-corrected chi connectivity index (χ4v) is 5.80. The summed E-state index contributed by atoms with van der Waals surface area (Å²) in [6.45, 7) is 8.76. The Bertz CT molecular complexity index is 1290. The van der Waals surface area contributed by atoms with Crippen molar-refractivity contribution >= 4 is 21.6 Å². The summed E-state index contributed by atoms with van der Waals surface area (Å²) in [6, 6.07) is 16.6. The van der Waals surface area contributed by atoms with Crippen LogP contribution in [0.3, 0.4) is 0 Å². The molecule has 1 aliphatic heterocycles. The van der Waals surface area contributed by atoms with Crippen LogP contribution in [0.25, 0.3) is 0 Å². The highest BCUT2D eigenvalue weighted by atomic mass is 32.2. The quantitative estimate of drug-likeness (QED) is 0.553. The van der Waals surface area contributed by atoms with Gasteiger partial charge in [0.1, 0.15) is 0 Å². The molecular formula is C26H32N4O3S. The monoisotopic (exact) mass is 480 g/mol. The number of rotatable bonds is 5. The molecular weight excluding hydrogens is 448 g/mol. The van der Waals surface area contributed by atoms with E-state index in [2.05, 4.69) is 25.9 Å². The van der Waals surface area contributed by atoms with Crippen molar-refractivity contribution in [1.29, 1.82) is 0 Å². The van der Waals surface area contributed by atoms with Gasteiger partial charge in [-0.25, -0.2) is 8.42 Å². The van der Waals surface area contributed by atoms with Crippen LogP contribution >= 0.6 is 0 Å². The SMILES string of the molecule is CC(=O)N(Cc1nn(C)c2c1CN(S(=O)(=O)c1ccc(C(C)(C)C)cc1)CC2)c1ccccc1. The minimum absolute atomic E-state index is 0.0474. The van der Waals surface area contributed by atoms with Gasteiger partial charge in [0.25, 0.3) is 0 Å². The van der Waals surface area contributed by atoms with Gasteiger partial charge in [0.2, 0.25) is 15.9 Å². The molecule has 0 aliphatic carbocycles. The van der Waals surface area contributed by atoms with Gasteiger partial charge < -0.3 is 4.90 Å². The molecule has 0 saturated carbocycles. The number of hydrogen-bond acceptors (Lipinski definition) is 4. The van der Waals surface area contributed by atoms with E-state index in [1.165, 1.54) is 11.2 Å². The molecule has 1 aromatic heterocycles. The van der Waals surface area contributed by atoms with E-state index < -0.39 is 10.0 Å². The molecule has 0 radical (unpaired) electrons. The molecule has 3 aromatic rings. The number of benzene rings is 2. The maximum absolute atomic E-state index is 13.5. The molecule has 34 heavy (non-hydrogen) atoms. The van der Waals surface area contributed by atoms with Crippen molar-refractivity contribution in [2.24, 2.45) is 7.05 Å². The average molecular weight is 481 g/mol. The van der Waals surface area contributed by atoms with Gasteiger partial charge in [0.05, 0.1) is 17.1 Å². The summed E-state index contributed by atoms with van der Waals surface area (Å²) in [7, 11) is -1.78. The van der Waals surface area contributed by atoms with Gasteiger partial charge in [-0.1, -0.05) is 51.1 Å². The molecule has 0 unspecified atom stereocenters. The molecule has 4 rings (SSSR count). The van der Waals surface area contributed by atoms with Crippen molar-refractivity contribution in [3.63, 3.8) is 0 Å². The predicted octanol–water partition coefficient (Wildman–Crippen LogP) is 4.02. The lowest BCUT2D eigenvalue weighted by Gasteiger charge is -2.28. The van der Waals surface area contributed by atoms with Crippen molar-refractivity contribution in [3.8, 4) is 0 Å². The van der Waals surface area contributed by atoms with Crippen LogP contribution in [0.5, 0.6) is 0 Å². The Morgan fingerprint density at radius 2 is 1.71 bits per heavy atom. The first-order valence-electron chi connectivity index (χ1n) is 11.5. The molecule has 1 aliphatic rings. The van der Waals surface area contributed by atoms with Crippen molar-refractivity contribution in [2.45, 2.75) is 57.5 Å². The van der Waals surface area contributed by atoms with E-state index >= 15 is 0 Å². The number of carbonyl (C=O) groups is 1. The third-order valence-corrected chi connectivity index (χ3v) is 8.26. The zero-order valence-corrected chi connectivity index (χ0v) is 21.3. The summed E-state index contributed by atoms with van der Waals surface area (Å²) in [6.07, 6.45) is 0.573. The van der Waals surface area contributed by atoms with Crippen LogP contribution in [0.1, 0.15) is 50.2 Å². The number of aromatic nitrogens is 2. The fraction of sp³-hybridized carbons (Fsp3) is 0.385. The summed E-state index contributed by atoms with van der Waals surface area (Å²) in [4.78, 5) is 14.4. The maximum Gasteiger partial charge on any atom is 0.243 e. The van der Waals surface area contributed by atoms with E-state index in [1.807, 2.05) is 54.2 Å². The maximum atomic E-state index is 13.5. The smallest absolute Gasteiger partial charge is 0.243 e. The Morgan fingerprint density at radius 3 is 2.29 bits per heavy atom. The summed E-state index contributed by atoms with van der Waals surface area (Å²) in [5, 5.41) is 4.67. The Labute approximate surface area is 202 Å². The molecule has 0 N–H and O–H groups in total. The highest BCUT2D eigenvalue weighted by Crippen LogP contribution is 2.30. The van der Waals surface area contributed by atoms with Crippen LogP contribution in [0.15, 0.2) is 59.5 Å². The Hall–Kier alpha value is -2.97. The molecule has 0 atom stereocenters. The topological polar surface area (TPSA) is 75.5 Å². The molecule has 2 heterocycles. The zero-order valence-electron chi connectivity index (χ0n) is 20.4. The lowest BCUT2D eigenvalue weighted by Crippen LogP contribution is -2.37. The number of sulfonamides is 1. The predicted molar refractivity (Wildman–Crippen MR) is 133 cm³/mol. The lowest BCUT2D eigenvalue weighted by molar-refractivity contribution is -0.116. The third kappa shape index (κ3) is 4.65. The van der Waals surface area contributed by atoms with Crippen LogP contribution in [0, 0.1) is 0 Å². The van der Waals surface area contributed by atoms with Gasteiger partial charge in [-0.2, -0.15) is 9.40 Å². The highest BCUT2D eigenvalue weighted by molar-refractivity contribution is 7.89. The molecule has 0 saturated heterocycles. The van der Waals surface area contributed by atoms with E-state index in [0.717, 1.165) is 28.2 Å². The van der Waals surface area contributed by atoms with Gasteiger partial charge in [0.15, 0.2) is 0 Å². The summed E-state index contributed by atoms with van der Waals surface area (Å²) >= 11 is 0. The second-order valence-corrected chi connectivity index (χ2v) is 11.7. The number of nitrogens with zero attached hydrogens (tertiary/aromatic N) is 4. The first kappa shape index (κ1) is 24.2. The molecule has 1 amide bonds. The number of para-hydroxylation sites is 1. The highest BCUT2D eigenvalue weighted by Gasteiger charge is 2.33. The Balaban J connectivity index is 1.63. The number of fused-ring (bicyclic) bond motifs is 1. The molecule has 8 heteroatoms. The number of amides is 1. The number of anilines is 1. The number of hydrogen-bond donors (Lipinski definition) is 0. The average Bonchev–Trinajstić information content (AvgIpc) is 3.12. The van der Waals surface area contributed by atoms with Gasteiger partial charge in [-0.3, -0.25) is 9.48 Å². The largest absolute Gasteiger partial charge is 0.307 e. The van der Waals surface area contributed by atoms with Crippen molar-refractivity contribution in [2.75, 3.05) is 11.4 Å². The second-order valence-electron chi connectivity index (χ2n) is 9.80. The molecule has 0 fully saturated rings. The minimum Gasteiger partial charge on any atom is -0.307 e. The van der Waals surface area contributed by atoms with Crippen LogP contribution in [0.2, 0.25) is 0 Å². The van der Waals surface area contributed by atoms with Crippen LogP contribution < -0.4 is 4.90 Å². The lowest BCUT2D eigenvalue weighted by atomic mass is 9.87. The van der Waals surface area contributed by atoms with Gasteiger partial charge in [-0.05, 0) is 35.2 Å². The zero-order chi connectivity index (χ0) is 24.7. The normalized spacial score (nSPS) is 14.6. The number of aryl methyl sites for hydroxylation is 1. The molecule has 7 nitrogen and oxygen atoms in total. The standard InChI is InChI=1S/C26H32N4O3S/c1-19(31)30(21-9-7-6-8-10-21)18-24-23-17-29(16-15-25(23)28(5)27-24)34(32,33)22-13-11-20(12-14-22)26(2,3)4/h6-14H,15-18H2,1-5H3. The molecule has 0 bridgehead atoms. The van der Waals surface area contributed by atoms with Gasteiger partial charge in [0, 0.05) is 50.4 Å². The summed E-state index contributed by atoms with van der Waals surface area (Å²) < 4.78 is 30.3. The third-order valence-electron chi connectivity index (χ3n) is 6.40. The molecule has 0 spiro atoms. The van der Waals surface area contributed by atoms with Crippen LogP contribution in [0.4, 0.5) is 5.69 Å². The van der Waals surface area contributed by atoms with Gasteiger partial charge in [-0.15, -0.1) is 0 Å². The summed E-state index contributed by atoms with van der Waals surface area (Å²) in [5.41, 5.74) is 4.45. The first-order valence-corrected chi connectivity index (χ1v) is 12.9. The van der Waals surface area contributed by atoms with E-state index in [0.29, 0.717) is 17.9 Å². The van der Waals surface area contributed by atoms with Crippen LogP contribution in [-0.2, 0) is 46.8 Å². The minimum atomic E-state index is -3.66. The molecule has 2 aromatic carbocycles. The van der Waals surface area contributed by atoms with E-state index in [9.17, 15) is 13.2 Å². The van der Waals surface area contributed by atoms with Crippen LogP contribution in [-0.4, -0.2) is 35.0 Å². The van der Waals surface area contributed by atoms with E-state index in [4.69, 9.17) is 0 Å². The van der Waals surface area contributed by atoms with Crippen molar-refractivity contribution < 1.29 is 13.2 Å². The van der Waals surface area contributed by atoms with Gasteiger partial charge >= 0.3 is 0 Å². The Morgan fingerprint density at radius 1 is 1.06 bits per heavy atom. The Kier molecular flexibility index (Phi) is 6.40. The van der Waals surface area contributed by atoms with Crippen molar-refractivity contribution in [1.82, 2.24) is 14.1 Å². The first-order chi connectivity index (χ1) is 16.0. The van der Waals surface area contributed by atoms with Crippen molar-refractivity contribution in [3.05, 3.63) is 77.1 Å². The second kappa shape index (κ2) is 9.00.